The van der Waals surface area contributed by atoms with Crippen LogP contribution >= 0.6 is 11.3 Å². The highest BCUT2D eigenvalue weighted by Gasteiger charge is 2.23. The maximum absolute atomic E-state index is 11.9. The van der Waals surface area contributed by atoms with E-state index in [-0.39, 0.29) is 12.6 Å². The summed E-state index contributed by atoms with van der Waals surface area (Å²) < 4.78 is 0. The van der Waals surface area contributed by atoms with Gasteiger partial charge in [-0.05, 0) is 30.9 Å². The van der Waals surface area contributed by atoms with Crippen LogP contribution in [0.1, 0.15) is 25.7 Å². The highest BCUT2D eigenvalue weighted by molar-refractivity contribution is 7.14. The minimum absolute atomic E-state index is 0.275. The van der Waals surface area contributed by atoms with Crippen LogP contribution in [0.4, 0.5) is 9.93 Å². The number of urea groups is 1. The smallest absolute Gasteiger partial charge is 0.321 e. The second kappa shape index (κ2) is 7.52. The second-order valence-electron chi connectivity index (χ2n) is 5.73. The Labute approximate surface area is 139 Å². The SMILES string of the molecule is O=C(NCC(O)C1CCCC1)Nc1nc(-c2cccnc2)cs1. The number of nitrogens with zero attached hydrogens (tertiary/aromatic N) is 2. The Balaban J connectivity index is 1.49. The topological polar surface area (TPSA) is 87.1 Å². The van der Waals surface area contributed by atoms with Crippen molar-refractivity contribution >= 4 is 22.5 Å². The number of rotatable bonds is 5. The fraction of sp³-hybridized carbons (Fsp3) is 0.438. The first-order valence-electron chi connectivity index (χ1n) is 7.81. The van der Waals surface area contributed by atoms with Gasteiger partial charge in [-0.15, -0.1) is 11.3 Å². The summed E-state index contributed by atoms with van der Waals surface area (Å²) in [5, 5.41) is 17.9. The summed E-state index contributed by atoms with van der Waals surface area (Å²) in [6.07, 6.45) is 7.41. The van der Waals surface area contributed by atoms with Gasteiger partial charge in [-0.3, -0.25) is 10.3 Å². The Kier molecular flexibility index (Phi) is 5.19. The lowest BCUT2D eigenvalue weighted by Crippen LogP contribution is -2.37. The minimum Gasteiger partial charge on any atom is -0.391 e. The van der Waals surface area contributed by atoms with Crippen molar-refractivity contribution in [1.82, 2.24) is 15.3 Å². The Morgan fingerprint density at radius 1 is 1.43 bits per heavy atom. The molecule has 0 radical (unpaired) electrons. The van der Waals surface area contributed by atoms with Gasteiger partial charge in [-0.1, -0.05) is 12.8 Å². The largest absolute Gasteiger partial charge is 0.391 e. The summed E-state index contributed by atoms with van der Waals surface area (Å²) in [6.45, 7) is 0.275. The van der Waals surface area contributed by atoms with Crippen molar-refractivity contribution < 1.29 is 9.90 Å². The first-order chi connectivity index (χ1) is 11.2. The number of aliphatic hydroxyl groups is 1. The quantitative estimate of drug-likeness (QED) is 0.786. The van der Waals surface area contributed by atoms with Gasteiger partial charge >= 0.3 is 6.03 Å². The van der Waals surface area contributed by atoms with Crippen molar-refractivity contribution in [1.29, 1.82) is 0 Å². The third-order valence-corrected chi connectivity index (χ3v) is 4.86. The van der Waals surface area contributed by atoms with Gasteiger partial charge in [0.25, 0.3) is 0 Å². The van der Waals surface area contributed by atoms with Gasteiger partial charge in [0.15, 0.2) is 5.13 Å². The fourth-order valence-electron chi connectivity index (χ4n) is 2.83. The van der Waals surface area contributed by atoms with Crippen LogP contribution in [0.5, 0.6) is 0 Å². The molecule has 1 aliphatic rings. The lowest BCUT2D eigenvalue weighted by molar-refractivity contribution is 0.111. The van der Waals surface area contributed by atoms with E-state index in [1.54, 1.807) is 12.4 Å². The van der Waals surface area contributed by atoms with Crippen LogP contribution in [0.25, 0.3) is 11.3 Å². The normalized spacial score (nSPS) is 16.2. The van der Waals surface area contributed by atoms with Crippen LogP contribution in [0, 0.1) is 5.92 Å². The van der Waals surface area contributed by atoms with E-state index >= 15 is 0 Å². The number of pyridine rings is 1. The maximum atomic E-state index is 11.9. The molecule has 0 spiro atoms. The van der Waals surface area contributed by atoms with Crippen molar-refractivity contribution in [2.24, 2.45) is 5.92 Å². The van der Waals surface area contributed by atoms with Crippen molar-refractivity contribution in [2.75, 3.05) is 11.9 Å². The third kappa shape index (κ3) is 4.27. The number of aliphatic hydroxyl groups excluding tert-OH is 1. The molecule has 6 nitrogen and oxygen atoms in total. The first kappa shape index (κ1) is 15.9. The average molecular weight is 332 g/mol. The molecule has 0 aliphatic heterocycles. The fourth-order valence-corrected chi connectivity index (χ4v) is 3.54. The molecule has 7 heteroatoms. The highest BCUT2D eigenvalue weighted by atomic mass is 32.1. The van der Waals surface area contributed by atoms with E-state index in [9.17, 15) is 9.90 Å². The molecule has 2 heterocycles. The Hall–Kier alpha value is -1.99. The molecule has 1 aliphatic carbocycles. The van der Waals surface area contributed by atoms with Gasteiger partial charge < -0.3 is 10.4 Å². The summed E-state index contributed by atoms with van der Waals surface area (Å²) in [5.74, 6) is 0.312. The van der Waals surface area contributed by atoms with Crippen LogP contribution in [0.15, 0.2) is 29.9 Å². The minimum atomic E-state index is -0.467. The van der Waals surface area contributed by atoms with Crippen molar-refractivity contribution in [3.05, 3.63) is 29.9 Å². The van der Waals surface area contributed by atoms with Crippen LogP contribution in [0.2, 0.25) is 0 Å². The van der Waals surface area contributed by atoms with Gasteiger partial charge in [-0.2, -0.15) is 0 Å². The summed E-state index contributed by atoms with van der Waals surface area (Å²) >= 11 is 1.36. The third-order valence-electron chi connectivity index (χ3n) is 4.10. The summed E-state index contributed by atoms with van der Waals surface area (Å²) in [7, 11) is 0. The number of anilines is 1. The number of hydrogen-bond acceptors (Lipinski definition) is 5. The van der Waals surface area contributed by atoms with E-state index in [1.807, 2.05) is 17.5 Å². The van der Waals surface area contributed by atoms with Gasteiger partial charge in [0, 0.05) is 29.9 Å². The second-order valence-corrected chi connectivity index (χ2v) is 6.58. The molecule has 0 saturated heterocycles. The maximum Gasteiger partial charge on any atom is 0.321 e. The van der Waals surface area contributed by atoms with E-state index in [4.69, 9.17) is 0 Å². The molecule has 0 aromatic carbocycles. The zero-order valence-corrected chi connectivity index (χ0v) is 13.6. The van der Waals surface area contributed by atoms with Crippen LogP contribution in [0.3, 0.4) is 0 Å². The lowest BCUT2D eigenvalue weighted by Gasteiger charge is -2.17. The summed E-state index contributed by atoms with van der Waals surface area (Å²) in [6, 6.07) is 3.43. The molecule has 122 valence electrons. The number of hydrogen-bond donors (Lipinski definition) is 3. The molecule has 23 heavy (non-hydrogen) atoms. The van der Waals surface area contributed by atoms with Crippen LogP contribution in [-0.4, -0.2) is 33.8 Å². The molecule has 1 atom stereocenters. The molecular weight excluding hydrogens is 312 g/mol. The zero-order valence-electron chi connectivity index (χ0n) is 12.7. The molecule has 2 aromatic heterocycles. The van der Waals surface area contributed by atoms with E-state index in [2.05, 4.69) is 20.6 Å². The zero-order chi connectivity index (χ0) is 16.1. The van der Waals surface area contributed by atoms with E-state index in [0.717, 1.165) is 24.1 Å². The molecule has 3 rings (SSSR count). The van der Waals surface area contributed by atoms with Crippen molar-refractivity contribution in [3.8, 4) is 11.3 Å². The number of carbonyl (C=O) groups excluding carboxylic acids is 1. The van der Waals surface area contributed by atoms with Crippen molar-refractivity contribution in [3.63, 3.8) is 0 Å². The van der Waals surface area contributed by atoms with Crippen LogP contribution in [-0.2, 0) is 0 Å². The van der Waals surface area contributed by atoms with E-state index in [0.29, 0.717) is 11.0 Å². The molecule has 3 N–H and O–H groups in total. The molecule has 1 fully saturated rings. The summed E-state index contributed by atoms with van der Waals surface area (Å²) in [4.78, 5) is 20.3. The number of amides is 2. The predicted octanol–water partition coefficient (Wildman–Crippen LogP) is 2.88. The van der Waals surface area contributed by atoms with Gasteiger partial charge in [0.2, 0.25) is 0 Å². The molecule has 2 aromatic rings. The van der Waals surface area contributed by atoms with Crippen molar-refractivity contribution in [2.45, 2.75) is 31.8 Å². The molecule has 1 unspecified atom stereocenters. The van der Waals surface area contributed by atoms with Gasteiger partial charge in [-0.25, -0.2) is 9.78 Å². The Morgan fingerprint density at radius 3 is 3.00 bits per heavy atom. The molecule has 1 saturated carbocycles. The Bertz CT molecular complexity index is 641. The highest BCUT2D eigenvalue weighted by Crippen LogP contribution is 2.27. The standard InChI is InChI=1S/C16H20N4O2S/c21-14(11-4-1-2-5-11)9-18-15(22)20-16-19-13(10-23-16)12-6-3-7-17-8-12/h3,6-8,10-11,14,21H,1-2,4-5,9H2,(H2,18,19,20,22). The first-order valence-corrected chi connectivity index (χ1v) is 8.69. The molecular formula is C16H20N4O2S. The monoisotopic (exact) mass is 332 g/mol. The lowest BCUT2D eigenvalue weighted by atomic mass is 10.0. The van der Waals surface area contributed by atoms with E-state index in [1.165, 1.54) is 24.2 Å². The predicted molar refractivity (Wildman–Crippen MR) is 90.3 cm³/mol. The van der Waals surface area contributed by atoms with Gasteiger partial charge in [0.1, 0.15) is 0 Å². The Morgan fingerprint density at radius 2 is 2.26 bits per heavy atom. The average Bonchev–Trinajstić information content (AvgIpc) is 3.25. The molecule has 2 amide bonds. The number of thiazole rings is 1. The number of aromatic nitrogens is 2. The number of carbonyl (C=O) groups is 1. The van der Waals surface area contributed by atoms with Gasteiger partial charge in [0.05, 0.1) is 11.8 Å². The number of nitrogens with one attached hydrogen (secondary N) is 2. The summed E-state index contributed by atoms with van der Waals surface area (Å²) in [5.41, 5.74) is 1.69. The molecule has 0 bridgehead atoms. The van der Waals surface area contributed by atoms with E-state index < -0.39 is 6.10 Å². The van der Waals surface area contributed by atoms with Crippen LogP contribution < -0.4 is 10.6 Å².